The molecular formula is C10H17N3O2. The van der Waals surface area contributed by atoms with Crippen molar-refractivity contribution in [1.29, 1.82) is 0 Å². The highest BCUT2D eigenvalue weighted by atomic mass is 16.2. The van der Waals surface area contributed by atoms with Crippen LogP contribution in [0.15, 0.2) is 0 Å². The first kappa shape index (κ1) is 10.6. The molecule has 0 saturated carbocycles. The molecule has 2 heterocycles. The van der Waals surface area contributed by atoms with E-state index in [2.05, 4.69) is 10.2 Å². The Balaban J connectivity index is 1.82. The molecule has 0 bridgehead atoms. The van der Waals surface area contributed by atoms with Gasteiger partial charge < -0.3 is 5.32 Å². The van der Waals surface area contributed by atoms with Crippen LogP contribution in [0.3, 0.4) is 0 Å². The number of hydrogen-bond donors (Lipinski definition) is 1. The number of nitrogens with one attached hydrogen (secondary N) is 1. The Hall–Kier alpha value is -0.940. The molecule has 5 heteroatoms. The van der Waals surface area contributed by atoms with Crippen molar-refractivity contribution in [2.75, 3.05) is 39.3 Å². The van der Waals surface area contributed by atoms with E-state index < -0.39 is 0 Å². The second-order valence-corrected chi connectivity index (χ2v) is 4.07. The van der Waals surface area contributed by atoms with Crippen molar-refractivity contribution in [3.05, 3.63) is 0 Å². The lowest BCUT2D eigenvalue weighted by Gasteiger charge is -2.27. The monoisotopic (exact) mass is 211 g/mol. The van der Waals surface area contributed by atoms with Crippen LogP contribution in [0, 0.1) is 0 Å². The summed E-state index contributed by atoms with van der Waals surface area (Å²) in [5, 5.41) is 3.23. The van der Waals surface area contributed by atoms with Crippen molar-refractivity contribution in [3.63, 3.8) is 0 Å². The van der Waals surface area contributed by atoms with Crippen LogP contribution in [-0.2, 0) is 9.59 Å². The fourth-order valence-electron chi connectivity index (χ4n) is 2.06. The molecule has 0 aromatic carbocycles. The first-order valence-electron chi connectivity index (χ1n) is 5.53. The van der Waals surface area contributed by atoms with Gasteiger partial charge in [-0.05, 0) is 6.42 Å². The summed E-state index contributed by atoms with van der Waals surface area (Å²) in [5.41, 5.74) is 0. The van der Waals surface area contributed by atoms with E-state index in [9.17, 15) is 9.59 Å². The second kappa shape index (κ2) is 4.72. The van der Waals surface area contributed by atoms with E-state index >= 15 is 0 Å². The first-order valence-corrected chi connectivity index (χ1v) is 5.53. The maximum atomic E-state index is 11.8. The summed E-state index contributed by atoms with van der Waals surface area (Å²) in [5.74, 6) is -0.0328. The first-order chi connectivity index (χ1) is 7.27. The van der Waals surface area contributed by atoms with Gasteiger partial charge >= 0.3 is 0 Å². The van der Waals surface area contributed by atoms with Crippen molar-refractivity contribution in [1.82, 2.24) is 15.1 Å². The third-order valence-electron chi connectivity index (χ3n) is 2.94. The molecule has 1 N–H and O–H groups in total. The van der Waals surface area contributed by atoms with Crippen molar-refractivity contribution in [2.45, 2.75) is 12.8 Å². The number of carbonyl (C=O) groups excluding carboxylic acids is 2. The fourth-order valence-corrected chi connectivity index (χ4v) is 2.06. The summed E-state index contributed by atoms with van der Waals surface area (Å²) in [7, 11) is 0. The Bertz CT molecular complexity index is 261. The number of piperazine rings is 1. The lowest BCUT2D eigenvalue weighted by molar-refractivity contribution is -0.142. The van der Waals surface area contributed by atoms with Crippen LogP contribution in [0.5, 0.6) is 0 Å². The van der Waals surface area contributed by atoms with Gasteiger partial charge in [0.2, 0.25) is 11.8 Å². The molecule has 2 fully saturated rings. The van der Waals surface area contributed by atoms with Gasteiger partial charge in [-0.2, -0.15) is 0 Å². The molecule has 84 valence electrons. The SMILES string of the molecule is O=C1CCCN1C(=O)CN1CCNCC1. The zero-order valence-electron chi connectivity index (χ0n) is 8.87. The Morgan fingerprint density at radius 3 is 2.60 bits per heavy atom. The molecule has 0 aromatic rings. The lowest BCUT2D eigenvalue weighted by atomic mass is 10.3. The molecule has 5 nitrogen and oxygen atoms in total. The van der Waals surface area contributed by atoms with Gasteiger partial charge in [-0.25, -0.2) is 0 Å². The van der Waals surface area contributed by atoms with Gasteiger partial charge in [0.15, 0.2) is 0 Å². The normalized spacial score (nSPS) is 23.5. The minimum atomic E-state index is -0.0283. The van der Waals surface area contributed by atoms with E-state index in [-0.39, 0.29) is 11.8 Å². The number of carbonyl (C=O) groups is 2. The maximum absolute atomic E-state index is 11.8. The quantitative estimate of drug-likeness (QED) is 0.639. The number of likely N-dealkylation sites (tertiary alicyclic amines) is 1. The summed E-state index contributed by atoms with van der Waals surface area (Å²) in [4.78, 5) is 26.6. The molecule has 15 heavy (non-hydrogen) atoms. The van der Waals surface area contributed by atoms with E-state index in [0.717, 1.165) is 32.6 Å². The third-order valence-corrected chi connectivity index (χ3v) is 2.94. The minimum Gasteiger partial charge on any atom is -0.314 e. The molecule has 0 unspecified atom stereocenters. The summed E-state index contributed by atoms with van der Waals surface area (Å²) in [6.07, 6.45) is 1.36. The topological polar surface area (TPSA) is 52.7 Å². The highest BCUT2D eigenvalue weighted by molar-refractivity contribution is 5.97. The van der Waals surface area contributed by atoms with Gasteiger partial charge in [-0.1, -0.05) is 0 Å². The van der Waals surface area contributed by atoms with Crippen LogP contribution in [0.25, 0.3) is 0 Å². The van der Waals surface area contributed by atoms with Crippen LogP contribution in [-0.4, -0.2) is 60.9 Å². The molecule has 0 aromatic heterocycles. The highest BCUT2D eigenvalue weighted by Crippen LogP contribution is 2.10. The van der Waals surface area contributed by atoms with E-state index in [1.54, 1.807) is 0 Å². The average Bonchev–Trinajstić information content (AvgIpc) is 2.66. The van der Waals surface area contributed by atoms with Crippen molar-refractivity contribution < 1.29 is 9.59 Å². The molecule has 2 amide bonds. The van der Waals surface area contributed by atoms with Crippen molar-refractivity contribution in [3.8, 4) is 0 Å². The predicted molar refractivity (Wildman–Crippen MR) is 55.3 cm³/mol. The van der Waals surface area contributed by atoms with Gasteiger partial charge in [-0.3, -0.25) is 19.4 Å². The van der Waals surface area contributed by atoms with Crippen LogP contribution in [0.4, 0.5) is 0 Å². The lowest BCUT2D eigenvalue weighted by Crippen LogP contribution is -2.48. The summed E-state index contributed by atoms with van der Waals surface area (Å²) >= 11 is 0. The maximum Gasteiger partial charge on any atom is 0.243 e. The molecule has 2 aliphatic rings. The van der Waals surface area contributed by atoms with Gasteiger partial charge in [0.25, 0.3) is 0 Å². The number of rotatable bonds is 2. The highest BCUT2D eigenvalue weighted by Gasteiger charge is 2.27. The molecule has 2 saturated heterocycles. The standard InChI is InChI=1S/C10H17N3O2/c14-9-2-1-5-13(9)10(15)8-12-6-3-11-4-7-12/h11H,1-8H2. The molecule has 2 rings (SSSR count). The second-order valence-electron chi connectivity index (χ2n) is 4.07. The Labute approximate surface area is 89.4 Å². The largest absolute Gasteiger partial charge is 0.314 e. The Morgan fingerprint density at radius 2 is 2.00 bits per heavy atom. The third kappa shape index (κ3) is 2.54. The van der Waals surface area contributed by atoms with Gasteiger partial charge in [0.1, 0.15) is 0 Å². The Morgan fingerprint density at radius 1 is 1.27 bits per heavy atom. The predicted octanol–water partition coefficient (Wildman–Crippen LogP) is -0.959. The molecule has 0 radical (unpaired) electrons. The van der Waals surface area contributed by atoms with Crippen LogP contribution >= 0.6 is 0 Å². The van der Waals surface area contributed by atoms with E-state index in [1.165, 1.54) is 4.90 Å². The van der Waals surface area contributed by atoms with E-state index in [4.69, 9.17) is 0 Å². The number of hydrogen-bond acceptors (Lipinski definition) is 4. The van der Waals surface area contributed by atoms with Crippen LogP contribution < -0.4 is 5.32 Å². The molecular weight excluding hydrogens is 194 g/mol. The summed E-state index contributed by atoms with van der Waals surface area (Å²) in [6.45, 7) is 4.67. The van der Waals surface area contributed by atoms with E-state index in [1.807, 2.05) is 0 Å². The number of imide groups is 1. The average molecular weight is 211 g/mol. The van der Waals surface area contributed by atoms with E-state index in [0.29, 0.717) is 19.5 Å². The van der Waals surface area contributed by atoms with Gasteiger partial charge in [0, 0.05) is 39.1 Å². The minimum absolute atomic E-state index is 0.00451. The fraction of sp³-hybridized carbons (Fsp3) is 0.800. The molecule has 2 aliphatic heterocycles. The zero-order chi connectivity index (χ0) is 10.7. The zero-order valence-corrected chi connectivity index (χ0v) is 8.87. The van der Waals surface area contributed by atoms with Crippen molar-refractivity contribution in [2.24, 2.45) is 0 Å². The summed E-state index contributed by atoms with van der Waals surface area (Å²) in [6, 6.07) is 0. The van der Waals surface area contributed by atoms with Crippen LogP contribution in [0.2, 0.25) is 0 Å². The van der Waals surface area contributed by atoms with Crippen molar-refractivity contribution >= 4 is 11.8 Å². The smallest absolute Gasteiger partial charge is 0.243 e. The van der Waals surface area contributed by atoms with Crippen LogP contribution in [0.1, 0.15) is 12.8 Å². The van der Waals surface area contributed by atoms with Gasteiger partial charge in [-0.15, -0.1) is 0 Å². The Kier molecular flexibility index (Phi) is 3.33. The number of amides is 2. The summed E-state index contributed by atoms with van der Waals surface area (Å²) < 4.78 is 0. The van der Waals surface area contributed by atoms with Gasteiger partial charge in [0.05, 0.1) is 6.54 Å². The number of nitrogens with zero attached hydrogens (tertiary/aromatic N) is 2. The molecule has 0 atom stereocenters. The molecule has 0 aliphatic carbocycles. The molecule has 0 spiro atoms.